The van der Waals surface area contributed by atoms with E-state index in [0.717, 1.165) is 62.0 Å². The van der Waals surface area contributed by atoms with Crippen LogP contribution in [-0.4, -0.2) is 59.1 Å². The predicted molar refractivity (Wildman–Crippen MR) is 135 cm³/mol. The fraction of sp³-hybridized carbons (Fsp3) is 0.630. The summed E-state index contributed by atoms with van der Waals surface area (Å²) in [5.74, 6) is 0.537. The van der Waals surface area contributed by atoms with Gasteiger partial charge in [-0.15, -0.1) is 0 Å². The predicted octanol–water partition coefficient (Wildman–Crippen LogP) is 3.20. The number of rotatable bonds is 5. The van der Waals surface area contributed by atoms with E-state index < -0.39 is 0 Å². The molecule has 1 aromatic heterocycles. The molecule has 3 fully saturated rings. The first-order valence-corrected chi connectivity index (χ1v) is 13.0. The molecule has 8 nitrogen and oxygen atoms in total. The molecule has 4 heterocycles. The number of amides is 3. The Labute approximate surface area is 207 Å². The molecular weight excluding hydrogens is 442 g/mol. The summed E-state index contributed by atoms with van der Waals surface area (Å²) in [6.45, 7) is 8.72. The molecule has 35 heavy (non-hydrogen) atoms. The molecule has 1 atom stereocenters. The van der Waals surface area contributed by atoms with Gasteiger partial charge in [0.15, 0.2) is 0 Å². The highest BCUT2D eigenvalue weighted by Gasteiger charge is 2.40. The van der Waals surface area contributed by atoms with Crippen LogP contribution in [0.25, 0.3) is 10.9 Å². The summed E-state index contributed by atoms with van der Waals surface area (Å²) in [7, 11) is 1.92. The molecule has 3 aliphatic heterocycles. The third kappa shape index (κ3) is 4.43. The lowest BCUT2D eigenvalue weighted by atomic mass is 9.63. The van der Waals surface area contributed by atoms with Crippen molar-refractivity contribution in [2.45, 2.75) is 58.3 Å². The van der Waals surface area contributed by atoms with Crippen LogP contribution in [0.3, 0.4) is 0 Å². The Morgan fingerprint density at radius 3 is 2.29 bits per heavy atom. The van der Waals surface area contributed by atoms with Gasteiger partial charge in [-0.2, -0.15) is 5.10 Å². The number of hydrogen-bond donors (Lipinski definition) is 1. The van der Waals surface area contributed by atoms with Crippen molar-refractivity contribution < 1.29 is 14.4 Å². The summed E-state index contributed by atoms with van der Waals surface area (Å²) < 4.78 is 1.86. The number of hydrogen-bond acceptors (Lipinski definition) is 5. The average molecular weight is 480 g/mol. The van der Waals surface area contributed by atoms with Crippen molar-refractivity contribution in [2.24, 2.45) is 24.3 Å². The minimum atomic E-state index is -0.376. The highest BCUT2D eigenvalue weighted by molar-refractivity contribution is 6.02. The molecule has 8 heteroatoms. The number of anilines is 1. The molecule has 0 bridgehead atoms. The number of piperidine rings is 3. The fourth-order valence-corrected chi connectivity index (χ4v) is 6.65. The van der Waals surface area contributed by atoms with Gasteiger partial charge in [-0.3, -0.25) is 24.4 Å². The van der Waals surface area contributed by atoms with Crippen LogP contribution in [0.15, 0.2) is 18.2 Å². The van der Waals surface area contributed by atoms with Gasteiger partial charge in [-0.05, 0) is 67.6 Å². The summed E-state index contributed by atoms with van der Waals surface area (Å²) in [5.41, 5.74) is 3.27. The molecule has 1 unspecified atom stereocenters. The second-order valence-corrected chi connectivity index (χ2v) is 11.2. The van der Waals surface area contributed by atoms with Gasteiger partial charge in [0, 0.05) is 50.7 Å². The third-order valence-electron chi connectivity index (χ3n) is 9.08. The number of benzene rings is 1. The van der Waals surface area contributed by atoms with Crippen LogP contribution in [0.4, 0.5) is 5.69 Å². The van der Waals surface area contributed by atoms with E-state index in [-0.39, 0.29) is 23.1 Å². The minimum Gasteiger partial charge on any atom is -0.371 e. The number of nitrogens with one attached hydrogen (secondary N) is 1. The molecule has 3 amide bonds. The second-order valence-electron chi connectivity index (χ2n) is 11.2. The normalized spacial score (nSPS) is 23.1. The van der Waals surface area contributed by atoms with Gasteiger partial charge in [-0.1, -0.05) is 13.8 Å². The number of imide groups is 1. The first-order chi connectivity index (χ1) is 16.8. The highest BCUT2D eigenvalue weighted by Crippen LogP contribution is 2.45. The van der Waals surface area contributed by atoms with E-state index in [9.17, 15) is 14.4 Å². The van der Waals surface area contributed by atoms with E-state index in [4.69, 9.17) is 0 Å². The molecule has 0 saturated carbocycles. The van der Waals surface area contributed by atoms with E-state index in [0.29, 0.717) is 24.7 Å². The molecule has 1 N–H and O–H groups in total. The van der Waals surface area contributed by atoms with Crippen LogP contribution < -0.4 is 10.2 Å². The molecular formula is C27H37N5O3. The number of carbonyl (C=O) groups is 3. The number of carbonyl (C=O) groups excluding carboxylic acids is 3. The number of aromatic nitrogens is 2. The monoisotopic (exact) mass is 479 g/mol. The van der Waals surface area contributed by atoms with E-state index in [1.807, 2.05) is 16.6 Å². The summed E-state index contributed by atoms with van der Waals surface area (Å²) in [5, 5.41) is 8.13. The zero-order chi connectivity index (χ0) is 24.7. The molecule has 3 saturated heterocycles. The fourth-order valence-electron chi connectivity index (χ4n) is 6.65. The third-order valence-corrected chi connectivity index (χ3v) is 9.08. The summed E-state index contributed by atoms with van der Waals surface area (Å²) in [6, 6.07) is 6.44. The van der Waals surface area contributed by atoms with E-state index in [2.05, 4.69) is 47.4 Å². The maximum Gasteiger partial charge on any atom is 0.235 e. The maximum absolute atomic E-state index is 12.4. The van der Waals surface area contributed by atoms with Crippen LogP contribution in [0.2, 0.25) is 0 Å². The van der Waals surface area contributed by atoms with Gasteiger partial charge < -0.3 is 9.80 Å². The first kappa shape index (κ1) is 23.8. The Morgan fingerprint density at radius 2 is 1.66 bits per heavy atom. The molecule has 5 rings (SSSR count). The Morgan fingerprint density at radius 1 is 1.00 bits per heavy atom. The number of likely N-dealkylation sites (tertiary alicyclic amines) is 1. The SMILES string of the molecule is Cn1nc(C2CCC(=O)NC2=O)c2ccc(N3CCC(C(C)(C)C4CCN(C=O)CC4)CC3)cc21. The summed E-state index contributed by atoms with van der Waals surface area (Å²) >= 11 is 0. The molecule has 1 aromatic carbocycles. The summed E-state index contributed by atoms with van der Waals surface area (Å²) in [6.07, 6.45) is 6.42. The van der Waals surface area contributed by atoms with Gasteiger partial charge in [0.1, 0.15) is 0 Å². The Balaban J connectivity index is 1.27. The van der Waals surface area contributed by atoms with Crippen LogP contribution in [0.1, 0.15) is 64.0 Å². The van der Waals surface area contributed by atoms with Crippen molar-refractivity contribution >= 4 is 34.8 Å². The van der Waals surface area contributed by atoms with Crippen molar-refractivity contribution in [2.75, 3.05) is 31.1 Å². The minimum absolute atomic E-state index is 0.202. The van der Waals surface area contributed by atoms with Crippen LogP contribution in [0, 0.1) is 17.3 Å². The van der Waals surface area contributed by atoms with Gasteiger partial charge in [0.25, 0.3) is 0 Å². The van der Waals surface area contributed by atoms with Crippen LogP contribution in [0.5, 0.6) is 0 Å². The number of fused-ring (bicyclic) bond motifs is 1. The Hall–Kier alpha value is -2.90. The zero-order valence-corrected chi connectivity index (χ0v) is 21.1. The quantitative estimate of drug-likeness (QED) is 0.526. The zero-order valence-electron chi connectivity index (χ0n) is 21.1. The molecule has 2 aromatic rings. The largest absolute Gasteiger partial charge is 0.371 e. The second kappa shape index (κ2) is 9.28. The standard InChI is InChI=1S/C27H37N5O3/c1-27(2,18-8-12-31(17-33)13-9-18)19-10-14-32(15-11-19)20-4-5-21-23(16-20)30(3)29-25(21)22-6-7-24(34)28-26(22)35/h4-5,16-19,22H,6-15H2,1-3H3,(H,28,34,35). The lowest BCUT2D eigenvalue weighted by Crippen LogP contribution is -2.45. The lowest BCUT2D eigenvalue weighted by molar-refractivity contribution is -0.134. The lowest BCUT2D eigenvalue weighted by Gasteiger charge is -2.47. The Kier molecular flexibility index (Phi) is 6.32. The van der Waals surface area contributed by atoms with Crippen LogP contribution >= 0.6 is 0 Å². The van der Waals surface area contributed by atoms with Crippen molar-refractivity contribution in [3.05, 3.63) is 23.9 Å². The molecule has 0 radical (unpaired) electrons. The molecule has 0 aliphatic carbocycles. The van der Waals surface area contributed by atoms with E-state index in [1.54, 1.807) is 0 Å². The van der Waals surface area contributed by atoms with Gasteiger partial charge in [0.2, 0.25) is 18.2 Å². The highest BCUT2D eigenvalue weighted by atomic mass is 16.2. The van der Waals surface area contributed by atoms with Crippen molar-refractivity contribution in [1.82, 2.24) is 20.0 Å². The smallest absolute Gasteiger partial charge is 0.235 e. The molecule has 0 spiro atoms. The van der Waals surface area contributed by atoms with Crippen LogP contribution in [-0.2, 0) is 21.4 Å². The molecule has 188 valence electrons. The summed E-state index contributed by atoms with van der Waals surface area (Å²) in [4.78, 5) is 39.5. The van der Waals surface area contributed by atoms with Gasteiger partial charge >= 0.3 is 0 Å². The first-order valence-electron chi connectivity index (χ1n) is 13.0. The van der Waals surface area contributed by atoms with Crippen molar-refractivity contribution in [3.8, 4) is 0 Å². The van der Waals surface area contributed by atoms with E-state index >= 15 is 0 Å². The number of aryl methyl sites for hydroxylation is 1. The van der Waals surface area contributed by atoms with Crippen molar-refractivity contribution in [1.29, 1.82) is 0 Å². The topological polar surface area (TPSA) is 87.5 Å². The number of nitrogens with zero attached hydrogens (tertiary/aromatic N) is 4. The van der Waals surface area contributed by atoms with E-state index in [1.165, 1.54) is 18.5 Å². The van der Waals surface area contributed by atoms with Gasteiger partial charge in [0.05, 0.1) is 17.1 Å². The Bertz CT molecular complexity index is 1120. The maximum atomic E-state index is 12.4. The van der Waals surface area contributed by atoms with Gasteiger partial charge in [-0.25, -0.2) is 0 Å². The molecule has 3 aliphatic rings. The van der Waals surface area contributed by atoms with Crippen molar-refractivity contribution in [3.63, 3.8) is 0 Å². The average Bonchev–Trinajstić information content (AvgIpc) is 3.19.